The van der Waals surface area contributed by atoms with E-state index >= 15 is 4.39 Å². The minimum atomic E-state index is -1.37. The van der Waals surface area contributed by atoms with Gasteiger partial charge < -0.3 is 19.7 Å². The van der Waals surface area contributed by atoms with Crippen LogP contribution in [-0.2, 0) is 10.3 Å². The number of carbonyl (C=O) groups is 2. The van der Waals surface area contributed by atoms with Crippen LogP contribution in [0.15, 0.2) is 17.1 Å². The third-order valence-electron chi connectivity index (χ3n) is 5.13. The van der Waals surface area contributed by atoms with Gasteiger partial charge in [0.25, 0.3) is 0 Å². The number of nitrogens with one attached hydrogen (secondary N) is 1. The molecule has 0 saturated heterocycles. The number of carboxylic acids is 1. The number of aromatic carboxylic acids is 1. The number of carboxylic acid groups (broad SMARTS) is 1. The molecule has 4 rings (SSSR count). The highest BCUT2D eigenvalue weighted by atomic mass is 35.5. The molecule has 1 aromatic heterocycles. The van der Waals surface area contributed by atoms with Crippen LogP contribution in [0.25, 0.3) is 10.9 Å². The number of alkyl halides is 1. The molecule has 2 heterocycles. The Bertz CT molecular complexity index is 1060. The molecule has 0 radical (unpaired) electrons. The van der Waals surface area contributed by atoms with Gasteiger partial charge in [0.15, 0.2) is 5.75 Å². The second-order valence-electron chi connectivity index (χ2n) is 6.97. The van der Waals surface area contributed by atoms with Crippen LogP contribution in [-0.4, -0.2) is 34.0 Å². The van der Waals surface area contributed by atoms with Gasteiger partial charge in [0.1, 0.15) is 23.9 Å². The summed E-state index contributed by atoms with van der Waals surface area (Å²) in [6, 6.07) is 0.790. The number of pyridine rings is 1. The van der Waals surface area contributed by atoms with Crippen LogP contribution < -0.4 is 15.5 Å². The van der Waals surface area contributed by atoms with Crippen LogP contribution >= 0.6 is 11.6 Å². The summed E-state index contributed by atoms with van der Waals surface area (Å²) in [6.07, 6.45) is 2.30. The zero-order chi connectivity index (χ0) is 19.5. The first-order valence-corrected chi connectivity index (χ1v) is 8.97. The molecule has 7 nitrogen and oxygen atoms in total. The van der Waals surface area contributed by atoms with Gasteiger partial charge in [-0.25, -0.2) is 9.18 Å². The highest BCUT2D eigenvalue weighted by molar-refractivity contribution is 6.27. The monoisotopic (exact) mass is 394 g/mol. The second-order valence-corrected chi connectivity index (χ2v) is 7.23. The smallest absolute Gasteiger partial charge is 0.341 e. The summed E-state index contributed by atoms with van der Waals surface area (Å²) in [7, 11) is 0. The zero-order valence-electron chi connectivity index (χ0n) is 14.3. The van der Waals surface area contributed by atoms with Crippen molar-refractivity contribution in [1.82, 2.24) is 9.88 Å². The third-order valence-corrected chi connectivity index (χ3v) is 5.37. The number of aromatic nitrogens is 1. The lowest BCUT2D eigenvalue weighted by atomic mass is 9.97. The number of carbonyl (C=O) groups excluding carboxylic acids is 1. The molecule has 1 aliphatic heterocycles. The summed E-state index contributed by atoms with van der Waals surface area (Å²) in [5.74, 6) is -2.60. The molecule has 0 spiro atoms. The lowest BCUT2D eigenvalue weighted by Gasteiger charge is -2.31. The lowest BCUT2D eigenvalue weighted by molar-refractivity contribution is -0.119. The van der Waals surface area contributed by atoms with Gasteiger partial charge in [-0.1, -0.05) is 0 Å². The van der Waals surface area contributed by atoms with Crippen LogP contribution in [0.3, 0.4) is 0 Å². The molecule has 2 N–H and O–H groups in total. The maximum Gasteiger partial charge on any atom is 0.341 e. The Labute approximate surface area is 157 Å². The summed E-state index contributed by atoms with van der Waals surface area (Å²) in [6.45, 7) is 1.99. The minimum Gasteiger partial charge on any atom is -0.489 e. The van der Waals surface area contributed by atoms with Crippen molar-refractivity contribution >= 4 is 34.4 Å². The summed E-state index contributed by atoms with van der Waals surface area (Å²) >= 11 is 5.57. The van der Waals surface area contributed by atoms with Crippen molar-refractivity contribution < 1.29 is 23.8 Å². The van der Waals surface area contributed by atoms with E-state index in [9.17, 15) is 19.5 Å². The normalized spacial score (nSPS) is 19.4. The number of amides is 1. The number of hydrogen-bond donors (Lipinski definition) is 2. The first kappa shape index (κ1) is 17.8. The van der Waals surface area contributed by atoms with Crippen LogP contribution in [0.4, 0.5) is 4.39 Å². The molecule has 1 fully saturated rings. The SMILES string of the molecule is CC1COc2c(C3(NC(=O)CCl)CC3)c(F)cc3c(=O)c(C(=O)O)cn1c23. The summed E-state index contributed by atoms with van der Waals surface area (Å²) in [5, 5.41) is 12.0. The molecule has 0 bridgehead atoms. The first-order valence-electron chi connectivity index (χ1n) is 8.44. The van der Waals surface area contributed by atoms with Gasteiger partial charge in [0, 0.05) is 6.20 Å². The fraction of sp³-hybridized carbons (Fsp3) is 0.389. The van der Waals surface area contributed by atoms with Gasteiger partial charge in [-0.3, -0.25) is 9.59 Å². The Morgan fingerprint density at radius 1 is 1.48 bits per heavy atom. The Kier molecular flexibility index (Phi) is 3.92. The molecule has 1 aromatic carbocycles. The van der Waals surface area contributed by atoms with Crippen molar-refractivity contribution in [3.05, 3.63) is 39.4 Å². The quantitative estimate of drug-likeness (QED) is 0.774. The van der Waals surface area contributed by atoms with E-state index in [-0.39, 0.29) is 35.2 Å². The molecule has 1 saturated carbocycles. The van der Waals surface area contributed by atoms with E-state index in [1.165, 1.54) is 6.20 Å². The molecule has 142 valence electrons. The summed E-state index contributed by atoms with van der Waals surface area (Å²) < 4.78 is 22.5. The largest absolute Gasteiger partial charge is 0.489 e. The van der Waals surface area contributed by atoms with E-state index in [2.05, 4.69) is 5.32 Å². The highest BCUT2D eigenvalue weighted by Crippen LogP contribution is 2.52. The number of hydrogen-bond acceptors (Lipinski definition) is 4. The number of halogens is 2. The van der Waals surface area contributed by atoms with Crippen LogP contribution in [0.5, 0.6) is 5.75 Å². The predicted octanol–water partition coefficient (Wildman–Crippen LogP) is 2.14. The van der Waals surface area contributed by atoms with Crippen molar-refractivity contribution in [3.63, 3.8) is 0 Å². The number of nitrogens with zero attached hydrogens (tertiary/aromatic N) is 1. The molecule has 1 amide bonds. The Morgan fingerprint density at radius 2 is 2.19 bits per heavy atom. The molecule has 2 aliphatic rings. The van der Waals surface area contributed by atoms with Gasteiger partial charge >= 0.3 is 5.97 Å². The molecule has 1 unspecified atom stereocenters. The number of rotatable bonds is 4. The minimum absolute atomic E-state index is 0.0582. The molecule has 27 heavy (non-hydrogen) atoms. The van der Waals surface area contributed by atoms with Gasteiger partial charge in [0.05, 0.1) is 28.0 Å². The van der Waals surface area contributed by atoms with Gasteiger partial charge in [0.2, 0.25) is 11.3 Å². The zero-order valence-corrected chi connectivity index (χ0v) is 15.1. The highest BCUT2D eigenvalue weighted by Gasteiger charge is 2.50. The van der Waals surface area contributed by atoms with Crippen molar-refractivity contribution in [2.75, 3.05) is 12.5 Å². The van der Waals surface area contributed by atoms with E-state index in [1.54, 1.807) is 4.57 Å². The molecule has 1 aliphatic carbocycles. The maximum atomic E-state index is 15.1. The number of ether oxygens (including phenoxy) is 1. The molecule has 2 aromatic rings. The first-order chi connectivity index (χ1) is 12.8. The van der Waals surface area contributed by atoms with Gasteiger partial charge in [-0.2, -0.15) is 0 Å². The van der Waals surface area contributed by atoms with E-state index in [0.717, 1.165) is 6.07 Å². The van der Waals surface area contributed by atoms with Gasteiger partial charge in [-0.05, 0) is 25.8 Å². The lowest BCUT2D eigenvalue weighted by Crippen LogP contribution is -2.37. The Balaban J connectivity index is 2.04. The average Bonchev–Trinajstić information content (AvgIpc) is 3.38. The molecular formula is C18H16ClFN2O5. The van der Waals surface area contributed by atoms with Gasteiger partial charge in [-0.15, -0.1) is 11.6 Å². The maximum absolute atomic E-state index is 15.1. The second kappa shape index (κ2) is 5.95. The summed E-state index contributed by atoms with van der Waals surface area (Å²) in [5.41, 5.74) is -1.60. The topological polar surface area (TPSA) is 97.6 Å². The van der Waals surface area contributed by atoms with Crippen molar-refractivity contribution in [1.29, 1.82) is 0 Å². The van der Waals surface area contributed by atoms with Crippen molar-refractivity contribution in [2.24, 2.45) is 0 Å². The molecule has 1 atom stereocenters. The fourth-order valence-corrected chi connectivity index (χ4v) is 3.75. The molecular weight excluding hydrogens is 379 g/mol. The Morgan fingerprint density at radius 3 is 2.78 bits per heavy atom. The van der Waals surface area contributed by atoms with E-state index < -0.39 is 34.2 Å². The van der Waals surface area contributed by atoms with E-state index in [1.807, 2.05) is 6.92 Å². The average molecular weight is 395 g/mol. The van der Waals surface area contributed by atoms with Crippen LogP contribution in [0.2, 0.25) is 0 Å². The Hall–Kier alpha value is -2.61. The third kappa shape index (κ3) is 2.58. The molecule has 9 heteroatoms. The van der Waals surface area contributed by atoms with Crippen molar-refractivity contribution in [2.45, 2.75) is 31.3 Å². The fourth-order valence-electron chi connectivity index (χ4n) is 3.69. The number of benzene rings is 1. The van der Waals surface area contributed by atoms with Crippen LogP contribution in [0, 0.1) is 5.82 Å². The predicted molar refractivity (Wildman–Crippen MR) is 95.1 cm³/mol. The van der Waals surface area contributed by atoms with Crippen LogP contribution in [0.1, 0.15) is 41.7 Å². The van der Waals surface area contributed by atoms with E-state index in [4.69, 9.17) is 16.3 Å². The summed E-state index contributed by atoms with van der Waals surface area (Å²) in [4.78, 5) is 35.8. The van der Waals surface area contributed by atoms with Crippen molar-refractivity contribution in [3.8, 4) is 5.75 Å². The van der Waals surface area contributed by atoms with E-state index in [0.29, 0.717) is 18.4 Å². The standard InChI is InChI=1S/C18H16ClFN2O5/c1-8-7-27-16-13(18(2-3-18)21-12(23)5-19)11(20)4-9-14(16)22(8)6-10(15(9)24)17(25)26/h4,6,8H,2-3,5,7H2,1H3,(H,21,23)(H,25,26).